The monoisotopic (exact) mass is 220 g/mol. The molecule has 0 aliphatic carbocycles. The number of rotatable bonds is 3. The van der Waals surface area contributed by atoms with Crippen molar-refractivity contribution in [2.75, 3.05) is 25.1 Å². The summed E-state index contributed by atoms with van der Waals surface area (Å²) in [5.41, 5.74) is 7.96. The van der Waals surface area contributed by atoms with Gasteiger partial charge in [-0.25, -0.2) is 0 Å². The molecule has 2 rings (SSSR count). The van der Waals surface area contributed by atoms with Crippen molar-refractivity contribution < 1.29 is 4.74 Å². The largest absolute Gasteiger partial charge is 0.489 e. The van der Waals surface area contributed by atoms with Crippen LogP contribution in [-0.2, 0) is 0 Å². The number of nitrogens with two attached hydrogens (primary N) is 1. The van der Waals surface area contributed by atoms with Crippen molar-refractivity contribution in [2.24, 2.45) is 5.73 Å². The first-order valence-electron chi connectivity index (χ1n) is 5.89. The first-order valence-corrected chi connectivity index (χ1v) is 5.89. The van der Waals surface area contributed by atoms with E-state index in [9.17, 15) is 0 Å². The number of benzene rings is 1. The quantitative estimate of drug-likeness (QED) is 0.846. The van der Waals surface area contributed by atoms with Crippen molar-refractivity contribution in [2.45, 2.75) is 25.8 Å². The molecular formula is C13H20N2O. The van der Waals surface area contributed by atoms with Gasteiger partial charge in [0.05, 0.1) is 11.7 Å². The second kappa shape index (κ2) is 4.74. The van der Waals surface area contributed by atoms with E-state index in [0.717, 1.165) is 31.7 Å². The van der Waals surface area contributed by atoms with Gasteiger partial charge in [-0.3, -0.25) is 0 Å². The summed E-state index contributed by atoms with van der Waals surface area (Å²) in [4.78, 5) is 2.32. The zero-order valence-corrected chi connectivity index (χ0v) is 10.1. The van der Waals surface area contributed by atoms with E-state index in [0.29, 0.717) is 6.04 Å². The Kier molecular flexibility index (Phi) is 3.34. The Labute approximate surface area is 97.2 Å². The molecule has 0 aromatic heterocycles. The maximum absolute atomic E-state index is 5.85. The van der Waals surface area contributed by atoms with E-state index in [2.05, 4.69) is 37.1 Å². The van der Waals surface area contributed by atoms with Gasteiger partial charge in [-0.1, -0.05) is 12.1 Å². The topological polar surface area (TPSA) is 38.5 Å². The van der Waals surface area contributed by atoms with Crippen LogP contribution in [0.25, 0.3) is 0 Å². The summed E-state index contributed by atoms with van der Waals surface area (Å²) < 4.78 is 5.85. The minimum Gasteiger partial charge on any atom is -0.489 e. The van der Waals surface area contributed by atoms with Gasteiger partial charge in [0.25, 0.3) is 0 Å². The Morgan fingerprint density at radius 2 is 2.31 bits per heavy atom. The molecule has 88 valence electrons. The van der Waals surface area contributed by atoms with Crippen LogP contribution in [0.1, 0.15) is 18.4 Å². The standard InChI is InChI=1S/C13H20N2O/c1-10-5-3-7-12-13(10)16-9-11(15(12)2)6-4-8-14/h3,5,7,11H,4,6,8-9,14H2,1-2H3. The van der Waals surface area contributed by atoms with Crippen molar-refractivity contribution in [1.29, 1.82) is 0 Å². The minimum absolute atomic E-state index is 0.456. The zero-order valence-electron chi connectivity index (χ0n) is 10.1. The lowest BCUT2D eigenvalue weighted by atomic mass is 10.1. The second-order valence-corrected chi connectivity index (χ2v) is 4.43. The molecule has 1 atom stereocenters. The highest BCUT2D eigenvalue weighted by atomic mass is 16.5. The lowest BCUT2D eigenvalue weighted by molar-refractivity contribution is 0.257. The molecule has 2 N–H and O–H groups in total. The van der Waals surface area contributed by atoms with Crippen molar-refractivity contribution in [3.8, 4) is 5.75 Å². The molecule has 1 heterocycles. The lowest BCUT2D eigenvalue weighted by Gasteiger charge is -2.36. The predicted molar refractivity (Wildman–Crippen MR) is 67.2 cm³/mol. The fourth-order valence-corrected chi connectivity index (χ4v) is 2.22. The smallest absolute Gasteiger partial charge is 0.145 e. The van der Waals surface area contributed by atoms with Crippen LogP contribution in [-0.4, -0.2) is 26.2 Å². The molecule has 0 saturated heterocycles. The first-order chi connectivity index (χ1) is 7.74. The molecule has 16 heavy (non-hydrogen) atoms. The average Bonchev–Trinajstić information content (AvgIpc) is 2.29. The van der Waals surface area contributed by atoms with Gasteiger partial charge in [0, 0.05) is 7.05 Å². The third kappa shape index (κ3) is 2.00. The molecule has 0 spiro atoms. The highest BCUT2D eigenvalue weighted by molar-refractivity contribution is 5.63. The van der Waals surface area contributed by atoms with E-state index in [1.54, 1.807) is 0 Å². The van der Waals surface area contributed by atoms with E-state index in [1.807, 2.05) is 0 Å². The molecule has 1 aromatic carbocycles. The predicted octanol–water partition coefficient (Wildman–Crippen LogP) is 1.93. The number of anilines is 1. The Bertz CT molecular complexity index is 365. The summed E-state index contributed by atoms with van der Waals surface area (Å²) in [6.45, 7) is 3.62. The highest BCUT2D eigenvalue weighted by Crippen LogP contribution is 2.36. The molecule has 0 amide bonds. The van der Waals surface area contributed by atoms with E-state index in [-0.39, 0.29) is 0 Å². The van der Waals surface area contributed by atoms with Crippen LogP contribution < -0.4 is 15.4 Å². The summed E-state index contributed by atoms with van der Waals surface area (Å²) in [7, 11) is 2.14. The number of hydrogen-bond acceptors (Lipinski definition) is 3. The zero-order chi connectivity index (χ0) is 11.5. The maximum Gasteiger partial charge on any atom is 0.145 e. The van der Waals surface area contributed by atoms with Crippen molar-refractivity contribution in [3.63, 3.8) is 0 Å². The van der Waals surface area contributed by atoms with E-state index in [1.165, 1.54) is 11.3 Å². The Hall–Kier alpha value is -1.22. The highest BCUT2D eigenvalue weighted by Gasteiger charge is 2.24. The van der Waals surface area contributed by atoms with Gasteiger partial charge in [0.2, 0.25) is 0 Å². The number of hydrogen-bond donors (Lipinski definition) is 1. The maximum atomic E-state index is 5.85. The summed E-state index contributed by atoms with van der Waals surface area (Å²) in [6, 6.07) is 6.75. The Morgan fingerprint density at radius 1 is 1.50 bits per heavy atom. The molecule has 0 radical (unpaired) electrons. The van der Waals surface area contributed by atoms with E-state index < -0.39 is 0 Å². The molecule has 0 fully saturated rings. The third-order valence-electron chi connectivity index (χ3n) is 3.28. The lowest BCUT2D eigenvalue weighted by Crippen LogP contribution is -2.40. The van der Waals surface area contributed by atoms with Crippen LogP contribution in [0.4, 0.5) is 5.69 Å². The van der Waals surface area contributed by atoms with E-state index in [4.69, 9.17) is 10.5 Å². The first kappa shape index (κ1) is 11.3. The Balaban J connectivity index is 2.18. The van der Waals surface area contributed by atoms with Gasteiger partial charge in [-0.15, -0.1) is 0 Å². The summed E-state index contributed by atoms with van der Waals surface area (Å²) in [5.74, 6) is 1.04. The number of ether oxygens (including phenoxy) is 1. The number of likely N-dealkylation sites (N-methyl/N-ethyl adjacent to an activating group) is 1. The number of para-hydroxylation sites is 1. The number of aryl methyl sites for hydroxylation is 1. The Morgan fingerprint density at radius 3 is 3.06 bits per heavy atom. The second-order valence-electron chi connectivity index (χ2n) is 4.43. The molecule has 3 nitrogen and oxygen atoms in total. The molecule has 1 aliphatic heterocycles. The summed E-state index contributed by atoms with van der Waals surface area (Å²) in [5, 5.41) is 0. The molecular weight excluding hydrogens is 200 g/mol. The SMILES string of the molecule is Cc1cccc2c1OCC(CCCN)N2C. The van der Waals surface area contributed by atoms with Gasteiger partial charge in [0.15, 0.2) is 0 Å². The van der Waals surface area contributed by atoms with Crippen LogP contribution >= 0.6 is 0 Å². The van der Waals surface area contributed by atoms with Gasteiger partial charge < -0.3 is 15.4 Å². The number of fused-ring (bicyclic) bond motifs is 1. The molecule has 0 saturated carbocycles. The van der Waals surface area contributed by atoms with Gasteiger partial charge >= 0.3 is 0 Å². The molecule has 1 aliphatic rings. The number of nitrogens with zero attached hydrogens (tertiary/aromatic N) is 1. The minimum atomic E-state index is 0.456. The van der Waals surface area contributed by atoms with Crippen molar-refractivity contribution in [1.82, 2.24) is 0 Å². The van der Waals surface area contributed by atoms with Crippen molar-refractivity contribution >= 4 is 5.69 Å². The van der Waals surface area contributed by atoms with Crippen LogP contribution in [0.15, 0.2) is 18.2 Å². The molecule has 0 bridgehead atoms. The van der Waals surface area contributed by atoms with Crippen LogP contribution in [0, 0.1) is 6.92 Å². The normalized spacial score (nSPS) is 19.2. The van der Waals surface area contributed by atoms with Gasteiger partial charge in [-0.2, -0.15) is 0 Å². The fraction of sp³-hybridized carbons (Fsp3) is 0.538. The third-order valence-corrected chi connectivity index (χ3v) is 3.28. The van der Waals surface area contributed by atoms with Crippen LogP contribution in [0.3, 0.4) is 0 Å². The van der Waals surface area contributed by atoms with Crippen LogP contribution in [0.5, 0.6) is 5.75 Å². The fourth-order valence-electron chi connectivity index (χ4n) is 2.22. The molecule has 1 aromatic rings. The van der Waals surface area contributed by atoms with Crippen molar-refractivity contribution in [3.05, 3.63) is 23.8 Å². The van der Waals surface area contributed by atoms with Gasteiger partial charge in [0.1, 0.15) is 12.4 Å². The van der Waals surface area contributed by atoms with E-state index >= 15 is 0 Å². The summed E-state index contributed by atoms with van der Waals surface area (Å²) in [6.07, 6.45) is 2.15. The van der Waals surface area contributed by atoms with Crippen LogP contribution in [0.2, 0.25) is 0 Å². The molecule has 1 unspecified atom stereocenters. The summed E-state index contributed by atoms with van der Waals surface area (Å²) >= 11 is 0. The average molecular weight is 220 g/mol. The molecule has 3 heteroatoms. The van der Waals surface area contributed by atoms with Gasteiger partial charge in [-0.05, 0) is 37.9 Å².